The van der Waals surface area contributed by atoms with Crippen LogP contribution in [0.3, 0.4) is 0 Å². The largest absolute Gasteiger partial charge is 0.351 e. The average molecular weight is 302 g/mol. The molecule has 0 radical (unpaired) electrons. The zero-order valence-electron chi connectivity index (χ0n) is 13.4. The van der Waals surface area contributed by atoms with Crippen LogP contribution in [0.15, 0.2) is 24.4 Å². The zero-order chi connectivity index (χ0) is 16.3. The molecule has 0 aliphatic rings. The number of pyridine rings is 1. The molecule has 0 aliphatic heterocycles. The summed E-state index contributed by atoms with van der Waals surface area (Å²) in [5, 5.41) is 5.66. The molecule has 22 heavy (non-hydrogen) atoms. The Morgan fingerprint density at radius 2 is 1.95 bits per heavy atom. The van der Waals surface area contributed by atoms with Gasteiger partial charge in [-0.3, -0.25) is 14.0 Å². The molecule has 6 nitrogen and oxygen atoms in total. The van der Waals surface area contributed by atoms with Crippen LogP contribution in [0.4, 0.5) is 0 Å². The lowest BCUT2D eigenvalue weighted by molar-refractivity contribution is 0.0908. The Bertz CT molecular complexity index is 698. The van der Waals surface area contributed by atoms with Gasteiger partial charge in [-0.25, -0.2) is 4.98 Å². The number of hydrogen-bond acceptors (Lipinski definition) is 3. The molecule has 0 bridgehead atoms. The number of carbonyl (C=O) groups is 2. The molecular weight excluding hydrogens is 280 g/mol. The molecular formula is C16H22N4O2. The van der Waals surface area contributed by atoms with Crippen LogP contribution in [-0.4, -0.2) is 33.3 Å². The SMILES string of the molecule is CCCNC(=O)c1nc(C(=O)NC(C)(C)C)n2ccccc12. The highest BCUT2D eigenvalue weighted by molar-refractivity contribution is 6.02. The minimum Gasteiger partial charge on any atom is -0.351 e. The van der Waals surface area contributed by atoms with E-state index in [1.54, 1.807) is 22.7 Å². The van der Waals surface area contributed by atoms with Gasteiger partial charge in [0, 0.05) is 18.3 Å². The van der Waals surface area contributed by atoms with Gasteiger partial charge in [0.25, 0.3) is 11.8 Å². The first-order chi connectivity index (χ1) is 10.3. The maximum absolute atomic E-state index is 12.4. The second-order valence-electron chi connectivity index (χ2n) is 6.20. The molecule has 2 aromatic rings. The van der Waals surface area contributed by atoms with Gasteiger partial charge in [0.1, 0.15) is 0 Å². The number of nitrogens with one attached hydrogen (secondary N) is 2. The Morgan fingerprint density at radius 3 is 2.59 bits per heavy atom. The third-order valence-corrected chi connectivity index (χ3v) is 2.99. The van der Waals surface area contributed by atoms with Crippen molar-refractivity contribution < 1.29 is 9.59 Å². The maximum atomic E-state index is 12.4. The normalized spacial score (nSPS) is 11.5. The summed E-state index contributed by atoms with van der Waals surface area (Å²) < 4.78 is 1.64. The lowest BCUT2D eigenvalue weighted by Crippen LogP contribution is -2.41. The van der Waals surface area contributed by atoms with E-state index in [-0.39, 0.29) is 28.9 Å². The number of nitrogens with zero attached hydrogens (tertiary/aromatic N) is 2. The predicted molar refractivity (Wildman–Crippen MR) is 85.0 cm³/mol. The highest BCUT2D eigenvalue weighted by Gasteiger charge is 2.23. The fraction of sp³-hybridized carbons (Fsp3) is 0.438. The van der Waals surface area contributed by atoms with Crippen LogP contribution in [-0.2, 0) is 0 Å². The molecule has 0 aliphatic carbocycles. The molecule has 2 rings (SSSR count). The number of imidazole rings is 1. The third kappa shape index (κ3) is 3.44. The summed E-state index contributed by atoms with van der Waals surface area (Å²) >= 11 is 0. The molecule has 118 valence electrons. The summed E-state index contributed by atoms with van der Waals surface area (Å²) in [6, 6.07) is 5.40. The fourth-order valence-electron chi connectivity index (χ4n) is 2.08. The lowest BCUT2D eigenvalue weighted by Gasteiger charge is -2.19. The Labute approximate surface area is 129 Å². The zero-order valence-corrected chi connectivity index (χ0v) is 13.4. The molecule has 0 aromatic carbocycles. The molecule has 0 atom stereocenters. The van der Waals surface area contributed by atoms with Gasteiger partial charge >= 0.3 is 0 Å². The highest BCUT2D eigenvalue weighted by atomic mass is 16.2. The van der Waals surface area contributed by atoms with E-state index in [1.807, 2.05) is 33.8 Å². The topological polar surface area (TPSA) is 75.5 Å². The molecule has 2 heterocycles. The van der Waals surface area contributed by atoms with Gasteiger partial charge in [0.2, 0.25) is 5.82 Å². The number of aromatic nitrogens is 2. The van der Waals surface area contributed by atoms with Gasteiger partial charge < -0.3 is 10.6 Å². The van der Waals surface area contributed by atoms with Gasteiger partial charge in [0.15, 0.2) is 5.69 Å². The number of rotatable bonds is 4. The van der Waals surface area contributed by atoms with Crippen molar-refractivity contribution in [2.24, 2.45) is 0 Å². The monoisotopic (exact) mass is 302 g/mol. The molecule has 0 spiro atoms. The third-order valence-electron chi connectivity index (χ3n) is 2.99. The van der Waals surface area contributed by atoms with Crippen LogP contribution >= 0.6 is 0 Å². The predicted octanol–water partition coefficient (Wildman–Crippen LogP) is 2.00. The first-order valence-corrected chi connectivity index (χ1v) is 7.41. The average Bonchev–Trinajstić information content (AvgIpc) is 2.82. The lowest BCUT2D eigenvalue weighted by atomic mass is 10.1. The molecule has 0 saturated heterocycles. The van der Waals surface area contributed by atoms with Crippen LogP contribution in [0.2, 0.25) is 0 Å². The summed E-state index contributed by atoms with van der Waals surface area (Å²) in [6.45, 7) is 8.25. The highest BCUT2D eigenvalue weighted by Crippen LogP contribution is 2.14. The molecule has 6 heteroatoms. The van der Waals surface area contributed by atoms with Crippen LogP contribution in [0.25, 0.3) is 5.52 Å². The quantitative estimate of drug-likeness (QED) is 0.907. The van der Waals surface area contributed by atoms with Crippen molar-refractivity contribution in [2.75, 3.05) is 6.54 Å². The summed E-state index contributed by atoms with van der Waals surface area (Å²) in [5.74, 6) is -0.351. The number of fused-ring (bicyclic) bond motifs is 1. The maximum Gasteiger partial charge on any atom is 0.288 e. The van der Waals surface area contributed by atoms with E-state index in [0.29, 0.717) is 12.1 Å². The molecule has 2 amide bonds. The summed E-state index contributed by atoms with van der Waals surface area (Å²) in [7, 11) is 0. The van der Waals surface area contributed by atoms with Crippen LogP contribution in [0.5, 0.6) is 0 Å². The minimum atomic E-state index is -0.373. The van der Waals surface area contributed by atoms with Crippen molar-refractivity contribution in [1.29, 1.82) is 0 Å². The van der Waals surface area contributed by atoms with Crippen LogP contribution < -0.4 is 10.6 Å². The Hall–Kier alpha value is -2.37. The van der Waals surface area contributed by atoms with E-state index in [2.05, 4.69) is 15.6 Å². The van der Waals surface area contributed by atoms with E-state index in [4.69, 9.17) is 0 Å². The van der Waals surface area contributed by atoms with Crippen molar-refractivity contribution in [3.8, 4) is 0 Å². The second kappa shape index (κ2) is 6.17. The molecule has 0 unspecified atom stereocenters. The Balaban J connectivity index is 2.44. The molecule has 2 N–H and O–H groups in total. The van der Waals surface area contributed by atoms with Crippen molar-refractivity contribution in [3.63, 3.8) is 0 Å². The Morgan fingerprint density at radius 1 is 1.23 bits per heavy atom. The van der Waals surface area contributed by atoms with Crippen LogP contribution in [0.1, 0.15) is 55.2 Å². The Kier molecular flexibility index (Phi) is 4.49. The standard InChI is InChI=1S/C16H22N4O2/c1-5-9-17-14(21)12-11-8-6-7-10-20(11)13(18-12)15(22)19-16(2,3)4/h6-8,10H,5,9H2,1-4H3,(H,17,21)(H,19,22). The van der Waals surface area contributed by atoms with Gasteiger partial charge in [-0.2, -0.15) is 0 Å². The van der Waals surface area contributed by atoms with Gasteiger partial charge in [-0.15, -0.1) is 0 Å². The molecule has 2 aromatic heterocycles. The van der Waals surface area contributed by atoms with Gasteiger partial charge in [0.05, 0.1) is 5.52 Å². The first kappa shape index (κ1) is 16.0. The van der Waals surface area contributed by atoms with Crippen molar-refractivity contribution in [1.82, 2.24) is 20.0 Å². The van der Waals surface area contributed by atoms with E-state index in [9.17, 15) is 9.59 Å². The summed E-state index contributed by atoms with van der Waals surface area (Å²) in [6.07, 6.45) is 2.57. The van der Waals surface area contributed by atoms with E-state index >= 15 is 0 Å². The van der Waals surface area contributed by atoms with Crippen molar-refractivity contribution in [3.05, 3.63) is 35.9 Å². The van der Waals surface area contributed by atoms with E-state index < -0.39 is 0 Å². The van der Waals surface area contributed by atoms with E-state index in [0.717, 1.165) is 6.42 Å². The van der Waals surface area contributed by atoms with Crippen molar-refractivity contribution >= 4 is 17.3 Å². The summed E-state index contributed by atoms with van der Waals surface area (Å²) in [4.78, 5) is 28.9. The van der Waals surface area contributed by atoms with E-state index in [1.165, 1.54) is 0 Å². The fourth-order valence-corrected chi connectivity index (χ4v) is 2.08. The smallest absolute Gasteiger partial charge is 0.288 e. The summed E-state index contributed by atoms with van der Waals surface area (Å²) in [5.41, 5.74) is 0.519. The van der Waals surface area contributed by atoms with Gasteiger partial charge in [-0.05, 0) is 39.3 Å². The first-order valence-electron chi connectivity index (χ1n) is 7.41. The minimum absolute atomic E-state index is 0.215. The van der Waals surface area contributed by atoms with Gasteiger partial charge in [-0.1, -0.05) is 13.0 Å². The number of hydrogen-bond donors (Lipinski definition) is 2. The second-order valence-corrected chi connectivity index (χ2v) is 6.20. The molecule has 0 fully saturated rings. The van der Waals surface area contributed by atoms with Crippen LogP contribution in [0, 0.1) is 0 Å². The number of amides is 2. The number of carbonyl (C=O) groups excluding carboxylic acids is 2. The molecule has 0 saturated carbocycles. The van der Waals surface area contributed by atoms with Crippen molar-refractivity contribution in [2.45, 2.75) is 39.7 Å².